The first kappa shape index (κ1) is 59.2. The van der Waals surface area contributed by atoms with Crippen LogP contribution in [0.3, 0.4) is 0 Å². The van der Waals surface area contributed by atoms with Crippen molar-refractivity contribution in [1.82, 2.24) is 47.2 Å². The Balaban J connectivity index is 1.14. The van der Waals surface area contributed by atoms with Gasteiger partial charge in [-0.25, -0.2) is 0 Å². The quantitative estimate of drug-likeness (QED) is 0.0241. The first-order valence-electron chi connectivity index (χ1n) is 26.1. The van der Waals surface area contributed by atoms with Gasteiger partial charge in [-0.05, 0) is 91.1 Å². The first-order valence-corrected chi connectivity index (χ1v) is 27.3. The fourth-order valence-electron chi connectivity index (χ4n) is 9.57. The molecular formula is C55H72N12O8S2. The lowest BCUT2D eigenvalue weighted by atomic mass is 9.98. The number of hydrogen-bond acceptors (Lipinski definition) is 13. The number of nitrogens with one attached hydrogen (secondary N) is 8. The maximum absolute atomic E-state index is 14.7. The van der Waals surface area contributed by atoms with Crippen LogP contribution in [0.4, 0.5) is 0 Å². The number of para-hydroxylation sites is 1. The second-order valence-electron chi connectivity index (χ2n) is 19.6. The van der Waals surface area contributed by atoms with E-state index in [1.54, 1.807) is 37.6 Å². The number of carbonyl (C=O) groups excluding carboxylic acids is 8. The van der Waals surface area contributed by atoms with Gasteiger partial charge in [-0.1, -0.05) is 79.6 Å². The Morgan fingerprint density at radius 1 is 0.623 bits per heavy atom. The van der Waals surface area contributed by atoms with E-state index in [9.17, 15) is 38.4 Å². The summed E-state index contributed by atoms with van der Waals surface area (Å²) in [5, 5.41) is 21.9. The number of nitrogens with two attached hydrogens (primary N) is 3. The van der Waals surface area contributed by atoms with Crippen LogP contribution in [0.5, 0.6) is 0 Å². The average Bonchev–Trinajstić information content (AvgIpc) is 4.12. The van der Waals surface area contributed by atoms with E-state index in [4.69, 9.17) is 17.2 Å². The van der Waals surface area contributed by atoms with Crippen LogP contribution in [0.1, 0.15) is 75.0 Å². The highest BCUT2D eigenvalue weighted by Crippen LogP contribution is 2.27. The van der Waals surface area contributed by atoms with Crippen LogP contribution >= 0.6 is 25.3 Å². The molecule has 1 saturated carbocycles. The minimum absolute atomic E-state index is 0.0129. The molecule has 77 heavy (non-hydrogen) atoms. The zero-order chi connectivity index (χ0) is 55.4. The van der Waals surface area contributed by atoms with Crippen LogP contribution in [-0.2, 0) is 57.6 Å². The van der Waals surface area contributed by atoms with Gasteiger partial charge in [0, 0.05) is 72.7 Å². The molecule has 22 heteroatoms. The Labute approximate surface area is 458 Å². The number of aromatic nitrogens is 2. The fourth-order valence-corrected chi connectivity index (χ4v) is 10.1. The molecule has 0 radical (unpaired) electrons. The van der Waals surface area contributed by atoms with E-state index in [1.165, 1.54) is 0 Å². The lowest BCUT2D eigenvalue weighted by Gasteiger charge is -2.27. The van der Waals surface area contributed by atoms with Crippen molar-refractivity contribution in [2.45, 2.75) is 126 Å². The zero-order valence-corrected chi connectivity index (χ0v) is 45.0. The Bertz CT molecular complexity index is 2830. The lowest BCUT2D eigenvalue weighted by Crippen LogP contribution is -2.60. The number of rotatable bonds is 29. The van der Waals surface area contributed by atoms with Crippen molar-refractivity contribution >= 4 is 94.2 Å². The highest BCUT2D eigenvalue weighted by molar-refractivity contribution is 7.80. The molecule has 412 valence electrons. The summed E-state index contributed by atoms with van der Waals surface area (Å²) in [6.45, 7) is 1.90. The van der Waals surface area contributed by atoms with Gasteiger partial charge in [-0.3, -0.25) is 43.3 Å². The first-order chi connectivity index (χ1) is 37.1. The molecule has 8 amide bonds. The summed E-state index contributed by atoms with van der Waals surface area (Å²) in [5.74, 6) is -5.54. The Morgan fingerprint density at radius 2 is 1.19 bits per heavy atom. The SMILES string of the molecule is CC(CC(=O)N[C@H](CS)C(=O)N[C@@H](Cc1cccc2ccccc12)C(N)=O)NC(=O)[C@H](CCCCN)NC(=O)[C@@H](Cc1c[nH]c2ccccc12)NC(=O)[C@H](Cc1cccnc1)NC(=O)[C@@H](CS)NC(=O)[C@@H](N)C1CCCC1. The molecule has 5 aromatic rings. The second-order valence-corrected chi connectivity index (χ2v) is 20.4. The van der Waals surface area contributed by atoms with E-state index in [0.29, 0.717) is 30.5 Å². The number of benzene rings is 3. The van der Waals surface area contributed by atoms with Crippen molar-refractivity contribution in [3.63, 3.8) is 0 Å². The molecule has 2 aromatic heterocycles. The topological polar surface area (TPSA) is 328 Å². The molecule has 6 rings (SSSR count). The third-order valence-corrected chi connectivity index (χ3v) is 14.5. The third-order valence-electron chi connectivity index (χ3n) is 13.8. The Kier molecular flexibility index (Phi) is 22.7. The normalized spacial score (nSPS) is 15.6. The molecule has 1 aliphatic rings. The van der Waals surface area contributed by atoms with Crippen molar-refractivity contribution in [3.05, 3.63) is 114 Å². The molecule has 0 bridgehead atoms. The van der Waals surface area contributed by atoms with Crippen LogP contribution in [0.15, 0.2) is 97.5 Å². The molecule has 1 fully saturated rings. The molecule has 3 aromatic carbocycles. The summed E-state index contributed by atoms with van der Waals surface area (Å²) in [7, 11) is 0. The molecule has 1 unspecified atom stereocenters. The van der Waals surface area contributed by atoms with E-state index in [1.807, 2.05) is 66.7 Å². The van der Waals surface area contributed by atoms with Gasteiger partial charge in [0.15, 0.2) is 0 Å². The summed E-state index contributed by atoms with van der Waals surface area (Å²) in [6, 6.07) is 15.3. The minimum atomic E-state index is -1.31. The van der Waals surface area contributed by atoms with E-state index < -0.39 is 95.6 Å². The van der Waals surface area contributed by atoms with Gasteiger partial charge in [0.05, 0.1) is 6.04 Å². The number of amides is 8. The van der Waals surface area contributed by atoms with E-state index in [0.717, 1.165) is 52.9 Å². The summed E-state index contributed by atoms with van der Waals surface area (Å²) in [4.78, 5) is 117. The van der Waals surface area contributed by atoms with Gasteiger partial charge in [0.2, 0.25) is 47.3 Å². The van der Waals surface area contributed by atoms with Crippen LogP contribution in [0.2, 0.25) is 0 Å². The molecule has 0 saturated heterocycles. The molecule has 14 N–H and O–H groups in total. The van der Waals surface area contributed by atoms with Crippen molar-refractivity contribution in [2.75, 3.05) is 18.1 Å². The summed E-state index contributed by atoms with van der Waals surface area (Å²) in [6.07, 6.45) is 9.22. The molecule has 1 aliphatic carbocycles. The molecule has 0 aliphatic heterocycles. The van der Waals surface area contributed by atoms with Crippen LogP contribution in [0, 0.1) is 5.92 Å². The number of aromatic amines is 1. The highest BCUT2D eigenvalue weighted by Gasteiger charge is 2.35. The smallest absolute Gasteiger partial charge is 0.244 e. The highest BCUT2D eigenvalue weighted by atomic mass is 32.1. The number of fused-ring (bicyclic) bond motifs is 2. The summed E-state index contributed by atoms with van der Waals surface area (Å²) < 4.78 is 0. The van der Waals surface area contributed by atoms with Gasteiger partial charge in [-0.2, -0.15) is 25.3 Å². The van der Waals surface area contributed by atoms with Crippen molar-refractivity contribution in [3.8, 4) is 0 Å². The number of hydrogen-bond donors (Lipinski definition) is 13. The molecule has 2 heterocycles. The fraction of sp³-hybridized carbons (Fsp3) is 0.436. The Morgan fingerprint density at radius 3 is 1.86 bits per heavy atom. The third kappa shape index (κ3) is 17.2. The maximum atomic E-state index is 14.7. The summed E-state index contributed by atoms with van der Waals surface area (Å²) >= 11 is 8.63. The standard InChI is InChI=1S/C55H72N12O8S2/c1-32(24-47(68)62-45(30-76)53(73)64-42(49(58)69)26-36-17-10-16-34-13-4-5-18-38(34)36)61-50(70)41(21-8-9-22-56)63-52(72)44(27-37-29-60-40-20-7-6-19-39(37)40)66-51(71)43(25-33-12-11-23-59-28-33)65-54(74)46(31-77)67-55(75)48(57)35-14-2-3-15-35/h4-7,10-13,16-20,23,28-29,32,35,41-46,48,60,76-77H,2-3,8-9,14-15,21-22,24-27,30-31,56-57H2,1H3,(H2,58,69)(H,61,70)(H,62,68)(H,63,72)(H,64,73)(H,65,74)(H,66,71)(H,67,75)/t32?,41-,42-,43-,44+,45+,46+,48-/m0/s1. The number of unbranched alkanes of at least 4 members (excludes halogenated alkanes) is 1. The number of carbonyl (C=O) groups is 8. The van der Waals surface area contributed by atoms with Gasteiger partial charge in [0.1, 0.15) is 36.3 Å². The number of thiol groups is 2. The van der Waals surface area contributed by atoms with Crippen molar-refractivity contribution in [1.29, 1.82) is 0 Å². The maximum Gasteiger partial charge on any atom is 0.244 e. The van der Waals surface area contributed by atoms with Crippen molar-refractivity contribution in [2.24, 2.45) is 23.1 Å². The van der Waals surface area contributed by atoms with Crippen LogP contribution in [0.25, 0.3) is 21.7 Å². The van der Waals surface area contributed by atoms with Crippen LogP contribution in [-0.4, -0.2) is 124 Å². The van der Waals surface area contributed by atoms with Crippen molar-refractivity contribution < 1.29 is 38.4 Å². The number of nitrogens with zero attached hydrogens (tertiary/aromatic N) is 1. The van der Waals surface area contributed by atoms with Gasteiger partial charge < -0.3 is 59.4 Å². The number of primary amides is 1. The average molecular weight is 1090 g/mol. The molecule has 8 atom stereocenters. The van der Waals surface area contributed by atoms with E-state index in [2.05, 4.69) is 72.4 Å². The molecule has 0 spiro atoms. The second kappa shape index (κ2) is 29.5. The lowest BCUT2D eigenvalue weighted by molar-refractivity contribution is -0.134. The van der Waals surface area contributed by atoms with E-state index in [-0.39, 0.29) is 49.5 Å². The van der Waals surface area contributed by atoms with Gasteiger partial charge in [0.25, 0.3) is 0 Å². The number of H-pyrrole nitrogens is 1. The number of pyridine rings is 1. The minimum Gasteiger partial charge on any atom is -0.368 e. The van der Waals surface area contributed by atoms with Gasteiger partial charge >= 0.3 is 0 Å². The van der Waals surface area contributed by atoms with Gasteiger partial charge in [-0.15, -0.1) is 0 Å². The van der Waals surface area contributed by atoms with Crippen LogP contribution < -0.4 is 54.4 Å². The predicted octanol–water partition coefficient (Wildman–Crippen LogP) is 1.54. The molecular weight excluding hydrogens is 1020 g/mol. The Hall–Kier alpha value is -7.01. The summed E-state index contributed by atoms with van der Waals surface area (Å²) in [5.41, 5.74) is 20.7. The predicted molar refractivity (Wildman–Crippen MR) is 301 cm³/mol. The zero-order valence-electron chi connectivity index (χ0n) is 43.2. The monoisotopic (exact) mass is 1090 g/mol. The molecule has 20 nitrogen and oxygen atoms in total. The largest absolute Gasteiger partial charge is 0.368 e. The van der Waals surface area contributed by atoms with E-state index >= 15 is 0 Å².